The van der Waals surface area contributed by atoms with E-state index in [1.807, 2.05) is 31.2 Å². The number of sulfone groups is 1. The van der Waals surface area contributed by atoms with E-state index in [0.717, 1.165) is 33.4 Å². The molecule has 164 valence electrons. The molecule has 0 saturated carbocycles. The molecule has 2 aromatic carbocycles. The van der Waals surface area contributed by atoms with Crippen molar-refractivity contribution in [3.63, 3.8) is 0 Å². The van der Waals surface area contributed by atoms with Gasteiger partial charge < -0.3 is 5.32 Å². The van der Waals surface area contributed by atoms with Crippen LogP contribution >= 0.6 is 11.3 Å². The highest BCUT2D eigenvalue weighted by Gasteiger charge is 2.20. The van der Waals surface area contributed by atoms with Crippen molar-refractivity contribution in [1.82, 2.24) is 14.8 Å². The lowest BCUT2D eigenvalue weighted by Crippen LogP contribution is -2.33. The summed E-state index contributed by atoms with van der Waals surface area (Å²) < 4.78 is 25.3. The third kappa shape index (κ3) is 4.46. The molecule has 10 heteroatoms. The molecule has 8 nitrogen and oxygen atoms in total. The van der Waals surface area contributed by atoms with Gasteiger partial charge in [-0.25, -0.2) is 18.1 Å². The van der Waals surface area contributed by atoms with E-state index in [4.69, 9.17) is 0 Å². The number of carbonyl (C=O) groups is 1. The smallest absolute Gasteiger partial charge is 0.267 e. The lowest BCUT2D eigenvalue weighted by atomic mass is 10.1. The van der Waals surface area contributed by atoms with Crippen LogP contribution in [0.4, 0.5) is 5.13 Å². The molecule has 0 aliphatic rings. The first-order chi connectivity index (χ1) is 15.1. The predicted molar refractivity (Wildman–Crippen MR) is 125 cm³/mol. The van der Waals surface area contributed by atoms with Crippen LogP contribution in [0.2, 0.25) is 0 Å². The second-order valence-corrected chi connectivity index (χ2v) is 10.5. The summed E-state index contributed by atoms with van der Waals surface area (Å²) in [6, 6.07) is 14.4. The summed E-state index contributed by atoms with van der Waals surface area (Å²) in [7, 11) is -3.35. The number of fused-ring (bicyclic) bond motifs is 1. The topological polar surface area (TPSA) is 111 Å². The molecule has 2 heterocycles. The van der Waals surface area contributed by atoms with Crippen LogP contribution in [0, 0.1) is 6.92 Å². The first kappa shape index (κ1) is 21.8. The SMILES string of the molecule is Cc1ccc(-c2ccc(=O)n(C(C)C(=O)Nc3nc4ccc(S(C)(=O)=O)cc4s3)n2)cc1. The van der Waals surface area contributed by atoms with Crippen molar-refractivity contribution in [3.05, 3.63) is 70.5 Å². The van der Waals surface area contributed by atoms with Crippen LogP contribution in [0.1, 0.15) is 18.5 Å². The Morgan fingerprint density at radius 2 is 1.81 bits per heavy atom. The van der Waals surface area contributed by atoms with Crippen LogP contribution in [0.25, 0.3) is 21.5 Å². The van der Waals surface area contributed by atoms with E-state index < -0.39 is 27.3 Å². The second-order valence-electron chi connectivity index (χ2n) is 7.45. The molecule has 0 saturated heterocycles. The third-order valence-corrected chi connectivity index (χ3v) is 6.98. The standard InChI is InChI=1S/C22H20N4O4S2/c1-13-4-6-15(7-5-13)17-10-11-20(27)26(25-17)14(2)21(28)24-22-23-18-9-8-16(32(3,29)30)12-19(18)31-22/h4-12,14H,1-3H3,(H,23,24,28). The zero-order valence-corrected chi connectivity index (χ0v) is 19.2. The molecule has 2 aromatic heterocycles. The van der Waals surface area contributed by atoms with E-state index in [0.29, 0.717) is 21.0 Å². The fourth-order valence-corrected chi connectivity index (χ4v) is 4.72. The van der Waals surface area contributed by atoms with Gasteiger partial charge in [-0.2, -0.15) is 5.10 Å². The summed E-state index contributed by atoms with van der Waals surface area (Å²) in [6.07, 6.45) is 1.13. The normalized spacial score (nSPS) is 12.6. The summed E-state index contributed by atoms with van der Waals surface area (Å²) in [4.78, 5) is 29.7. The quantitative estimate of drug-likeness (QED) is 0.480. The van der Waals surface area contributed by atoms with E-state index >= 15 is 0 Å². The van der Waals surface area contributed by atoms with Gasteiger partial charge in [0.05, 0.1) is 20.8 Å². The second kappa shape index (κ2) is 8.29. The molecule has 0 radical (unpaired) electrons. The maximum absolute atomic E-state index is 12.8. The summed E-state index contributed by atoms with van der Waals surface area (Å²) >= 11 is 1.16. The Kier molecular flexibility index (Phi) is 5.66. The highest BCUT2D eigenvalue weighted by Crippen LogP contribution is 2.28. The first-order valence-electron chi connectivity index (χ1n) is 9.70. The summed E-state index contributed by atoms with van der Waals surface area (Å²) in [6.45, 7) is 3.56. The number of aromatic nitrogens is 3. The average Bonchev–Trinajstić information content (AvgIpc) is 3.15. The number of amides is 1. The number of carbonyl (C=O) groups excluding carboxylic acids is 1. The minimum atomic E-state index is -3.35. The lowest BCUT2D eigenvalue weighted by molar-refractivity contribution is -0.119. The van der Waals surface area contributed by atoms with Gasteiger partial charge in [-0.15, -0.1) is 0 Å². The van der Waals surface area contributed by atoms with Crippen molar-refractivity contribution in [2.24, 2.45) is 0 Å². The van der Waals surface area contributed by atoms with Crippen molar-refractivity contribution in [2.75, 3.05) is 11.6 Å². The first-order valence-corrected chi connectivity index (χ1v) is 12.4. The van der Waals surface area contributed by atoms with E-state index in [1.165, 1.54) is 18.2 Å². The molecule has 4 aromatic rings. The minimum absolute atomic E-state index is 0.184. The van der Waals surface area contributed by atoms with Crippen LogP contribution in [-0.2, 0) is 14.6 Å². The van der Waals surface area contributed by atoms with Gasteiger partial charge in [0, 0.05) is 17.9 Å². The lowest BCUT2D eigenvalue weighted by Gasteiger charge is -2.14. The molecule has 0 fully saturated rings. The molecule has 1 unspecified atom stereocenters. The van der Waals surface area contributed by atoms with Gasteiger partial charge >= 0.3 is 0 Å². The molecular formula is C22H20N4O4S2. The van der Waals surface area contributed by atoms with Gasteiger partial charge in [0.2, 0.25) is 0 Å². The van der Waals surface area contributed by atoms with Crippen LogP contribution < -0.4 is 10.9 Å². The number of nitrogens with one attached hydrogen (secondary N) is 1. The fourth-order valence-electron chi connectivity index (χ4n) is 3.09. The number of anilines is 1. The minimum Gasteiger partial charge on any atom is -0.300 e. The van der Waals surface area contributed by atoms with Crippen LogP contribution in [0.5, 0.6) is 0 Å². The van der Waals surface area contributed by atoms with Gasteiger partial charge in [-0.05, 0) is 38.1 Å². The molecule has 4 rings (SSSR count). The predicted octanol–water partition coefficient (Wildman–Crippen LogP) is 3.43. The van der Waals surface area contributed by atoms with E-state index in [-0.39, 0.29) is 4.90 Å². The monoisotopic (exact) mass is 468 g/mol. The van der Waals surface area contributed by atoms with Gasteiger partial charge in [0.1, 0.15) is 6.04 Å². The zero-order chi connectivity index (χ0) is 23.0. The molecule has 1 atom stereocenters. The van der Waals surface area contributed by atoms with Gasteiger partial charge in [-0.3, -0.25) is 9.59 Å². The van der Waals surface area contributed by atoms with Gasteiger partial charge in [-0.1, -0.05) is 41.2 Å². The third-order valence-electron chi connectivity index (χ3n) is 4.94. The Morgan fingerprint density at radius 1 is 1.09 bits per heavy atom. The number of aryl methyl sites for hydroxylation is 1. The molecular weight excluding hydrogens is 448 g/mol. The van der Waals surface area contributed by atoms with Crippen LogP contribution in [0.3, 0.4) is 0 Å². The summed E-state index contributed by atoms with van der Waals surface area (Å²) in [5.41, 5.74) is 2.70. The number of hydrogen-bond acceptors (Lipinski definition) is 7. The van der Waals surface area contributed by atoms with E-state index in [1.54, 1.807) is 19.1 Å². The Bertz CT molecular complexity index is 1490. The summed E-state index contributed by atoms with van der Waals surface area (Å²) in [5.74, 6) is -0.456. The molecule has 32 heavy (non-hydrogen) atoms. The Labute approximate surface area is 188 Å². The largest absolute Gasteiger partial charge is 0.300 e. The molecule has 0 aliphatic heterocycles. The number of thiazole rings is 1. The van der Waals surface area contributed by atoms with Crippen molar-refractivity contribution in [2.45, 2.75) is 24.8 Å². The zero-order valence-electron chi connectivity index (χ0n) is 17.6. The maximum atomic E-state index is 12.8. The van der Waals surface area contributed by atoms with Gasteiger partial charge in [0.15, 0.2) is 15.0 Å². The fraction of sp³-hybridized carbons (Fsp3) is 0.182. The molecule has 0 aliphatic carbocycles. The van der Waals surface area contributed by atoms with Gasteiger partial charge in [0.25, 0.3) is 11.5 Å². The molecule has 1 N–H and O–H groups in total. The van der Waals surface area contributed by atoms with Crippen molar-refractivity contribution in [3.8, 4) is 11.3 Å². The number of hydrogen-bond donors (Lipinski definition) is 1. The Hall–Kier alpha value is -3.37. The van der Waals surface area contributed by atoms with Crippen LogP contribution in [-0.4, -0.2) is 35.3 Å². The summed E-state index contributed by atoms with van der Waals surface area (Å²) in [5, 5.41) is 7.39. The molecule has 0 bridgehead atoms. The van der Waals surface area contributed by atoms with Crippen molar-refractivity contribution < 1.29 is 13.2 Å². The maximum Gasteiger partial charge on any atom is 0.267 e. The Morgan fingerprint density at radius 3 is 2.50 bits per heavy atom. The van der Waals surface area contributed by atoms with Crippen molar-refractivity contribution >= 4 is 42.4 Å². The van der Waals surface area contributed by atoms with Crippen molar-refractivity contribution in [1.29, 1.82) is 0 Å². The van der Waals surface area contributed by atoms with E-state index in [2.05, 4.69) is 15.4 Å². The molecule has 0 spiro atoms. The van der Waals surface area contributed by atoms with E-state index in [9.17, 15) is 18.0 Å². The van der Waals surface area contributed by atoms with Crippen LogP contribution in [0.15, 0.2) is 64.3 Å². The number of rotatable bonds is 5. The highest BCUT2D eigenvalue weighted by molar-refractivity contribution is 7.90. The molecule has 1 amide bonds. The Balaban J connectivity index is 1.59. The number of nitrogens with zero attached hydrogens (tertiary/aromatic N) is 3. The average molecular weight is 469 g/mol. The number of benzene rings is 2. The highest BCUT2D eigenvalue weighted by atomic mass is 32.2.